The Morgan fingerprint density at radius 3 is 2.41 bits per heavy atom. The maximum Gasteiger partial charge on any atom is 0.280 e. The molecule has 3 aromatic rings. The zero-order valence-electron chi connectivity index (χ0n) is 14.9. The molecule has 0 aliphatic carbocycles. The number of hydrogen-bond acceptors (Lipinski definition) is 5. The molecule has 4 rings (SSSR count). The lowest BCUT2D eigenvalue weighted by atomic mass is 10.2. The van der Waals surface area contributed by atoms with Gasteiger partial charge in [0.15, 0.2) is 0 Å². The number of aromatic nitrogens is 1. The van der Waals surface area contributed by atoms with Crippen LogP contribution in [0.5, 0.6) is 0 Å². The summed E-state index contributed by atoms with van der Waals surface area (Å²) in [5, 5.41) is 0. The molecule has 0 fully saturated rings. The summed E-state index contributed by atoms with van der Waals surface area (Å²) in [5.74, 6) is -1.49. The third-order valence-electron chi connectivity index (χ3n) is 4.38. The average Bonchev–Trinajstić information content (AvgIpc) is 2.93. The number of nitrogens with one attached hydrogen (secondary N) is 1. The van der Waals surface area contributed by atoms with Crippen molar-refractivity contribution < 1.29 is 22.4 Å². The first-order valence-electron chi connectivity index (χ1n) is 8.54. The van der Waals surface area contributed by atoms with E-state index in [9.17, 15) is 22.4 Å². The molecule has 7 nitrogen and oxygen atoms in total. The monoisotopic (exact) mass is 411 g/mol. The van der Waals surface area contributed by atoms with Gasteiger partial charge in [-0.2, -0.15) is 0 Å². The molecule has 0 unspecified atom stereocenters. The summed E-state index contributed by atoms with van der Waals surface area (Å²) in [7, 11) is -3.91. The van der Waals surface area contributed by atoms with E-state index in [4.69, 9.17) is 0 Å². The van der Waals surface area contributed by atoms with Gasteiger partial charge in [-0.3, -0.25) is 24.2 Å². The highest BCUT2D eigenvalue weighted by atomic mass is 32.2. The fourth-order valence-electron chi connectivity index (χ4n) is 2.98. The second-order valence-electron chi connectivity index (χ2n) is 6.36. The summed E-state index contributed by atoms with van der Waals surface area (Å²) in [6, 6.07) is 14.0. The van der Waals surface area contributed by atoms with E-state index >= 15 is 0 Å². The van der Waals surface area contributed by atoms with Crippen LogP contribution in [0, 0.1) is 5.82 Å². The van der Waals surface area contributed by atoms with Crippen LogP contribution in [-0.4, -0.2) is 30.1 Å². The van der Waals surface area contributed by atoms with E-state index in [-0.39, 0.29) is 28.4 Å². The number of fused-ring (bicyclic) bond motifs is 1. The molecule has 1 aliphatic rings. The Kier molecular flexibility index (Phi) is 4.59. The van der Waals surface area contributed by atoms with Gasteiger partial charge in [-0.25, -0.2) is 12.8 Å². The second kappa shape index (κ2) is 7.10. The van der Waals surface area contributed by atoms with Gasteiger partial charge in [0, 0.05) is 6.20 Å². The molecule has 0 radical (unpaired) electrons. The zero-order valence-corrected chi connectivity index (χ0v) is 15.7. The topological polar surface area (TPSA) is 96.4 Å². The molecule has 29 heavy (non-hydrogen) atoms. The summed E-state index contributed by atoms with van der Waals surface area (Å²) in [6.07, 6.45) is 1.44. The number of halogens is 1. The maximum atomic E-state index is 13.3. The lowest BCUT2D eigenvalue weighted by Gasteiger charge is -2.14. The standard InChI is InChI=1S/C20H14FN3O4S/c21-14-3-1-4-15(11-14)23-29(27,28)16-8-6-13(7-9-16)12-24-19(25)17-5-2-10-22-18(17)20(24)26/h1-11,23H,12H2. The van der Waals surface area contributed by atoms with Crippen molar-refractivity contribution in [1.82, 2.24) is 9.88 Å². The molecule has 2 aromatic carbocycles. The molecular formula is C20H14FN3O4S. The van der Waals surface area contributed by atoms with Gasteiger partial charge in [0.2, 0.25) is 0 Å². The third-order valence-corrected chi connectivity index (χ3v) is 5.78. The van der Waals surface area contributed by atoms with Crippen LogP contribution < -0.4 is 4.72 Å². The first kappa shape index (κ1) is 18.8. The molecule has 1 aliphatic heterocycles. The SMILES string of the molecule is O=C1c2cccnc2C(=O)N1Cc1ccc(S(=O)(=O)Nc2cccc(F)c2)cc1. The Balaban J connectivity index is 1.51. The highest BCUT2D eigenvalue weighted by Crippen LogP contribution is 2.23. The molecule has 146 valence electrons. The van der Waals surface area contributed by atoms with Gasteiger partial charge in [0.25, 0.3) is 21.8 Å². The second-order valence-corrected chi connectivity index (χ2v) is 8.04. The average molecular weight is 411 g/mol. The van der Waals surface area contributed by atoms with Gasteiger partial charge in [-0.15, -0.1) is 0 Å². The smallest absolute Gasteiger partial charge is 0.280 e. The molecule has 0 spiro atoms. The van der Waals surface area contributed by atoms with E-state index in [0.29, 0.717) is 5.56 Å². The lowest BCUT2D eigenvalue weighted by Crippen LogP contribution is -2.29. The van der Waals surface area contributed by atoms with E-state index < -0.39 is 27.7 Å². The van der Waals surface area contributed by atoms with E-state index in [0.717, 1.165) is 11.0 Å². The molecule has 1 aromatic heterocycles. The van der Waals surface area contributed by atoms with Gasteiger partial charge < -0.3 is 0 Å². The number of amides is 2. The fraction of sp³-hybridized carbons (Fsp3) is 0.0500. The number of pyridine rings is 1. The van der Waals surface area contributed by atoms with Gasteiger partial charge in [0.1, 0.15) is 11.5 Å². The Hall–Kier alpha value is -3.59. The van der Waals surface area contributed by atoms with Crippen LogP contribution in [0.25, 0.3) is 0 Å². The predicted molar refractivity (Wildman–Crippen MR) is 102 cm³/mol. The van der Waals surface area contributed by atoms with E-state index in [1.54, 1.807) is 6.07 Å². The van der Waals surface area contributed by atoms with Crippen molar-refractivity contribution in [2.75, 3.05) is 4.72 Å². The fourth-order valence-corrected chi connectivity index (χ4v) is 4.03. The van der Waals surface area contributed by atoms with Crippen LogP contribution in [-0.2, 0) is 16.6 Å². The number of hydrogen-bond donors (Lipinski definition) is 1. The van der Waals surface area contributed by atoms with E-state index in [1.807, 2.05) is 0 Å². The van der Waals surface area contributed by atoms with Crippen molar-refractivity contribution in [3.63, 3.8) is 0 Å². The third kappa shape index (κ3) is 3.59. The molecule has 0 saturated carbocycles. The van der Waals surface area contributed by atoms with Crippen LogP contribution in [0.1, 0.15) is 26.4 Å². The number of nitrogens with zero attached hydrogens (tertiary/aromatic N) is 2. The molecule has 0 atom stereocenters. The minimum absolute atomic E-state index is 0.00825. The van der Waals surface area contributed by atoms with Crippen molar-refractivity contribution in [3.8, 4) is 0 Å². The van der Waals surface area contributed by atoms with E-state index in [2.05, 4.69) is 9.71 Å². The number of benzene rings is 2. The van der Waals surface area contributed by atoms with Crippen LogP contribution in [0.2, 0.25) is 0 Å². The normalized spacial score (nSPS) is 13.5. The highest BCUT2D eigenvalue weighted by molar-refractivity contribution is 7.92. The molecule has 0 bridgehead atoms. The molecule has 9 heteroatoms. The van der Waals surface area contributed by atoms with Crippen LogP contribution in [0.3, 0.4) is 0 Å². The number of carbonyl (C=O) groups is 2. The molecule has 2 heterocycles. The Labute approximate surface area is 165 Å². The molecule has 2 amide bonds. The van der Waals surface area contributed by atoms with Gasteiger partial charge in [-0.05, 0) is 48.0 Å². The largest absolute Gasteiger partial charge is 0.280 e. The number of anilines is 1. The quantitative estimate of drug-likeness (QED) is 0.652. The summed E-state index contributed by atoms with van der Waals surface area (Å²) >= 11 is 0. The van der Waals surface area contributed by atoms with Gasteiger partial charge in [0.05, 0.1) is 22.7 Å². The summed E-state index contributed by atoms with van der Waals surface area (Å²) < 4.78 is 40.5. The minimum Gasteiger partial charge on any atom is -0.280 e. The Bertz CT molecular complexity index is 1190. The summed E-state index contributed by atoms with van der Waals surface area (Å²) in [6.45, 7) is -0.00825. The maximum absolute atomic E-state index is 13.3. The number of rotatable bonds is 5. The summed E-state index contributed by atoms with van der Waals surface area (Å²) in [4.78, 5) is 29.7. The minimum atomic E-state index is -3.91. The summed E-state index contributed by atoms with van der Waals surface area (Å²) in [5.41, 5.74) is 1.03. The van der Waals surface area contributed by atoms with Gasteiger partial charge >= 0.3 is 0 Å². The van der Waals surface area contributed by atoms with Crippen molar-refractivity contribution in [2.45, 2.75) is 11.4 Å². The van der Waals surface area contributed by atoms with Crippen molar-refractivity contribution in [2.24, 2.45) is 0 Å². The van der Waals surface area contributed by atoms with Crippen LogP contribution in [0.4, 0.5) is 10.1 Å². The first-order chi connectivity index (χ1) is 13.8. The van der Waals surface area contributed by atoms with Gasteiger partial charge in [-0.1, -0.05) is 18.2 Å². The Morgan fingerprint density at radius 1 is 0.966 bits per heavy atom. The van der Waals surface area contributed by atoms with Crippen LogP contribution >= 0.6 is 0 Å². The Morgan fingerprint density at radius 2 is 1.72 bits per heavy atom. The molecular weight excluding hydrogens is 397 g/mol. The number of imide groups is 1. The van der Waals surface area contributed by atoms with Crippen molar-refractivity contribution in [1.29, 1.82) is 0 Å². The van der Waals surface area contributed by atoms with E-state index in [1.165, 1.54) is 54.7 Å². The predicted octanol–water partition coefficient (Wildman–Crippen LogP) is 2.82. The highest BCUT2D eigenvalue weighted by Gasteiger charge is 2.36. The number of sulfonamides is 1. The van der Waals surface area contributed by atoms with Crippen LogP contribution in [0.15, 0.2) is 71.8 Å². The van der Waals surface area contributed by atoms with Crippen molar-refractivity contribution >= 4 is 27.5 Å². The lowest BCUT2D eigenvalue weighted by molar-refractivity contribution is 0.0640. The zero-order chi connectivity index (χ0) is 20.6. The van der Waals surface area contributed by atoms with Crippen molar-refractivity contribution in [3.05, 3.63) is 89.5 Å². The molecule has 1 N–H and O–H groups in total. The first-order valence-corrected chi connectivity index (χ1v) is 10.0. The number of carbonyl (C=O) groups excluding carboxylic acids is 2. The molecule has 0 saturated heterocycles.